The summed E-state index contributed by atoms with van der Waals surface area (Å²) >= 11 is 0.842. The van der Waals surface area contributed by atoms with Crippen molar-refractivity contribution in [3.8, 4) is 0 Å². The second kappa shape index (κ2) is 15.2. The highest BCUT2D eigenvalue weighted by Crippen LogP contribution is 2.15. The number of nitrogens with one attached hydrogen (secondary N) is 3. The molecule has 0 aromatic heterocycles. The van der Waals surface area contributed by atoms with Crippen molar-refractivity contribution in [1.29, 1.82) is 0 Å². The van der Waals surface area contributed by atoms with Crippen LogP contribution >= 0.6 is 11.9 Å². The number of nitrogens with two attached hydrogens (primary N) is 1. The third kappa shape index (κ3) is 13.9. The van der Waals surface area contributed by atoms with Gasteiger partial charge in [0.2, 0.25) is 23.6 Å². The lowest BCUT2D eigenvalue weighted by molar-refractivity contribution is -0.151. The predicted molar refractivity (Wildman–Crippen MR) is 144 cm³/mol. The maximum absolute atomic E-state index is 13.4. The molecule has 0 aliphatic carbocycles. The number of hydrogen-bond donors (Lipinski definition) is 5. The molecule has 0 aliphatic heterocycles. The number of aliphatic carboxylic acids is 1. The first-order chi connectivity index (χ1) is 17.2. The normalized spacial score (nSPS) is 15.9. The van der Waals surface area contributed by atoms with Gasteiger partial charge in [0.1, 0.15) is 18.1 Å². The van der Waals surface area contributed by atoms with Crippen molar-refractivity contribution in [3.63, 3.8) is 0 Å². The number of carboxylic acids is 1. The van der Waals surface area contributed by atoms with Gasteiger partial charge in [0, 0.05) is 19.7 Å². The zero-order chi connectivity index (χ0) is 30.0. The number of carboxylic acid groups (broad SMARTS) is 1. The van der Waals surface area contributed by atoms with Crippen molar-refractivity contribution in [2.24, 2.45) is 5.73 Å². The molecule has 38 heavy (non-hydrogen) atoms. The molecular weight excluding hydrogens is 518 g/mol. The number of rotatable bonds is 14. The van der Waals surface area contributed by atoms with Gasteiger partial charge in [-0.15, -0.1) is 0 Å². The molecule has 0 unspecified atom stereocenters. The second-order valence-corrected chi connectivity index (χ2v) is 11.8. The molecule has 220 valence electrons. The maximum Gasteiger partial charge on any atom is 0.327 e. The Balaban J connectivity index is 6.05. The summed E-state index contributed by atoms with van der Waals surface area (Å²) in [6.07, 6.45) is -0.810. The minimum atomic E-state index is -1.31. The lowest BCUT2D eigenvalue weighted by Gasteiger charge is -2.34. The largest absolute Gasteiger partial charge is 0.480 e. The first-order valence-corrected chi connectivity index (χ1v) is 13.2. The minimum Gasteiger partial charge on any atom is -0.480 e. The molecule has 14 heteroatoms. The van der Waals surface area contributed by atoms with Crippen LogP contribution in [0.3, 0.4) is 0 Å². The van der Waals surface area contributed by atoms with Crippen LogP contribution in [0.5, 0.6) is 0 Å². The van der Waals surface area contributed by atoms with Gasteiger partial charge in [0.25, 0.3) is 0 Å². The van der Waals surface area contributed by atoms with Crippen LogP contribution in [0.25, 0.3) is 0 Å². The third-order valence-electron chi connectivity index (χ3n) is 4.86. The van der Waals surface area contributed by atoms with Crippen LogP contribution in [0, 0.1) is 0 Å². The summed E-state index contributed by atoms with van der Waals surface area (Å²) in [5.74, 6) is -3.87. The van der Waals surface area contributed by atoms with Crippen molar-refractivity contribution in [2.45, 2.75) is 104 Å². The Labute approximate surface area is 229 Å². The summed E-state index contributed by atoms with van der Waals surface area (Å²) < 4.78 is 14.0. The predicted octanol–water partition coefficient (Wildman–Crippen LogP) is 0.0178. The Morgan fingerprint density at radius 3 is 1.95 bits per heavy atom. The molecule has 0 aliphatic rings. The van der Waals surface area contributed by atoms with Crippen LogP contribution in [0.1, 0.15) is 62.3 Å². The molecule has 0 radical (unpaired) electrons. The Morgan fingerprint density at radius 1 is 0.974 bits per heavy atom. The van der Waals surface area contributed by atoms with Gasteiger partial charge in [0.05, 0.1) is 30.0 Å². The van der Waals surface area contributed by atoms with E-state index in [1.54, 1.807) is 48.5 Å². The van der Waals surface area contributed by atoms with Crippen molar-refractivity contribution >= 4 is 41.5 Å². The highest BCUT2D eigenvalue weighted by Gasteiger charge is 2.37. The molecule has 6 N–H and O–H groups in total. The first kappa shape index (κ1) is 35.6. The van der Waals surface area contributed by atoms with E-state index in [2.05, 4.69) is 15.4 Å². The molecule has 0 saturated heterocycles. The van der Waals surface area contributed by atoms with Gasteiger partial charge < -0.3 is 40.6 Å². The van der Waals surface area contributed by atoms with Crippen LogP contribution in [0.15, 0.2) is 0 Å². The van der Waals surface area contributed by atoms with Gasteiger partial charge in [-0.1, -0.05) is 0 Å². The smallest absolute Gasteiger partial charge is 0.327 e. The van der Waals surface area contributed by atoms with Crippen LogP contribution in [0.2, 0.25) is 0 Å². The molecule has 0 spiro atoms. The van der Waals surface area contributed by atoms with Gasteiger partial charge in [-0.3, -0.25) is 19.2 Å². The fourth-order valence-corrected chi connectivity index (χ4v) is 3.86. The van der Waals surface area contributed by atoms with E-state index < -0.39 is 65.2 Å². The SMILES string of the molecule is CC(=O)NSC[C@@H](C(=O)O)N(C)C(=O)[C@H](COC(C)(C)C)NC(=O)[C@@H](NC(=O)[C@H](C)N)[C@@H](C)OC(C)(C)C. The molecule has 0 saturated carbocycles. The quantitative estimate of drug-likeness (QED) is 0.180. The van der Waals surface area contributed by atoms with E-state index >= 15 is 0 Å². The van der Waals surface area contributed by atoms with E-state index in [1.807, 2.05) is 0 Å². The molecule has 0 aromatic rings. The fourth-order valence-electron chi connectivity index (χ4n) is 3.05. The number of likely N-dealkylation sites (N-methyl/N-ethyl adjacent to an activating group) is 1. The number of hydrogen-bond acceptors (Lipinski definition) is 9. The summed E-state index contributed by atoms with van der Waals surface area (Å²) in [6, 6.07) is -4.73. The van der Waals surface area contributed by atoms with Gasteiger partial charge in [0.15, 0.2) is 0 Å². The second-order valence-electron chi connectivity index (χ2n) is 11.0. The summed E-state index contributed by atoms with van der Waals surface area (Å²) in [6.45, 7) is 14.7. The van der Waals surface area contributed by atoms with Crippen molar-refractivity contribution in [1.82, 2.24) is 20.3 Å². The molecule has 4 amide bonds. The Kier molecular flexibility index (Phi) is 14.3. The van der Waals surface area contributed by atoms with Crippen LogP contribution in [-0.4, -0.2) is 100 Å². The van der Waals surface area contributed by atoms with Crippen molar-refractivity contribution < 1.29 is 38.6 Å². The summed E-state index contributed by atoms with van der Waals surface area (Å²) in [5.41, 5.74) is 4.34. The molecule has 0 bridgehead atoms. The number of carbonyl (C=O) groups is 5. The van der Waals surface area contributed by atoms with Crippen LogP contribution < -0.4 is 21.1 Å². The lowest BCUT2D eigenvalue weighted by atomic mass is 10.1. The number of nitrogens with zero attached hydrogens (tertiary/aromatic N) is 1. The fraction of sp³-hybridized carbons (Fsp3) is 0.792. The van der Waals surface area contributed by atoms with E-state index in [0.717, 1.165) is 16.8 Å². The van der Waals surface area contributed by atoms with E-state index in [4.69, 9.17) is 15.2 Å². The Hall–Kier alpha value is -2.42. The molecular formula is C24H45N5O8S. The molecule has 0 aromatic carbocycles. The van der Waals surface area contributed by atoms with Gasteiger partial charge in [-0.2, -0.15) is 0 Å². The Bertz CT molecular complexity index is 841. The van der Waals surface area contributed by atoms with Gasteiger partial charge in [-0.05, 0) is 67.3 Å². The molecule has 0 heterocycles. The topological polar surface area (TPSA) is 189 Å². The highest BCUT2D eigenvalue weighted by molar-refractivity contribution is 7.98. The van der Waals surface area contributed by atoms with Crippen molar-refractivity contribution in [2.75, 3.05) is 19.4 Å². The van der Waals surface area contributed by atoms with Gasteiger partial charge in [-0.25, -0.2) is 4.79 Å². The summed E-state index contributed by atoms with van der Waals surface area (Å²) in [7, 11) is 1.28. The van der Waals surface area contributed by atoms with Gasteiger partial charge >= 0.3 is 5.97 Å². The highest BCUT2D eigenvalue weighted by atomic mass is 32.2. The lowest BCUT2D eigenvalue weighted by Crippen LogP contribution is -2.61. The minimum absolute atomic E-state index is 0.137. The number of amides is 4. The average Bonchev–Trinajstić information content (AvgIpc) is 2.74. The first-order valence-electron chi connectivity index (χ1n) is 12.2. The zero-order valence-electron chi connectivity index (χ0n) is 24.0. The molecule has 0 rings (SSSR count). The maximum atomic E-state index is 13.4. The van der Waals surface area contributed by atoms with Crippen molar-refractivity contribution in [3.05, 3.63) is 0 Å². The van der Waals surface area contributed by atoms with Crippen LogP contribution in [-0.2, 0) is 33.4 Å². The zero-order valence-corrected chi connectivity index (χ0v) is 24.9. The summed E-state index contributed by atoms with van der Waals surface area (Å²) in [4.78, 5) is 63.2. The van der Waals surface area contributed by atoms with E-state index in [-0.39, 0.29) is 18.3 Å². The molecule has 0 fully saturated rings. The number of ether oxygens (including phenoxy) is 2. The molecule has 13 nitrogen and oxygen atoms in total. The molecule has 5 atom stereocenters. The van der Waals surface area contributed by atoms with E-state index in [0.29, 0.717) is 0 Å². The monoisotopic (exact) mass is 563 g/mol. The third-order valence-corrected chi connectivity index (χ3v) is 5.77. The van der Waals surface area contributed by atoms with E-state index in [9.17, 15) is 29.1 Å². The summed E-state index contributed by atoms with van der Waals surface area (Å²) in [5, 5.41) is 14.8. The number of carbonyl (C=O) groups excluding carboxylic acids is 4. The Morgan fingerprint density at radius 2 is 1.53 bits per heavy atom. The van der Waals surface area contributed by atoms with Crippen LogP contribution in [0.4, 0.5) is 0 Å². The average molecular weight is 564 g/mol. The standard InChI is InChI=1S/C24H45N5O8S/c1-13(25)19(31)27-18(14(2)37-24(7,8)9)20(32)26-16(11-36-23(4,5)6)21(33)29(10)17(22(34)35)12-38-28-15(3)30/h13-14,16-18H,11-12,25H2,1-10H3,(H,26,32)(H,27,31)(H,28,30)(H,34,35)/t13-,14+,16-,17-,18-/m0/s1. The van der Waals surface area contributed by atoms with E-state index in [1.165, 1.54) is 20.9 Å².